The van der Waals surface area contributed by atoms with Gasteiger partial charge in [0.1, 0.15) is 18.1 Å². The van der Waals surface area contributed by atoms with E-state index in [0.717, 1.165) is 4.90 Å². The largest absolute Gasteiger partial charge is 0.480 e. The van der Waals surface area contributed by atoms with Crippen molar-refractivity contribution in [2.24, 2.45) is 11.5 Å². The molecule has 1 heterocycles. The number of hydrogen-bond donors (Lipinski definition) is 7. The van der Waals surface area contributed by atoms with Gasteiger partial charge in [0.2, 0.25) is 23.6 Å². The minimum absolute atomic E-state index is 0.0102. The molecule has 8 N–H and O–H groups in total. The van der Waals surface area contributed by atoms with E-state index in [2.05, 4.69) is 23.3 Å². The van der Waals surface area contributed by atoms with Crippen molar-refractivity contribution in [1.82, 2.24) is 15.5 Å². The highest BCUT2D eigenvalue weighted by Crippen LogP contribution is 2.19. The van der Waals surface area contributed by atoms with Crippen molar-refractivity contribution in [2.75, 3.05) is 12.3 Å². The number of thiol groups is 1. The topological polar surface area (TPSA) is 205 Å². The number of nitrogens with one attached hydrogen (secondary N) is 2. The third kappa shape index (κ3) is 7.15. The summed E-state index contributed by atoms with van der Waals surface area (Å²) >= 11 is 3.91. The molecule has 0 saturated carbocycles. The maximum absolute atomic E-state index is 12.8. The quantitative estimate of drug-likeness (QED) is 0.161. The lowest BCUT2D eigenvalue weighted by atomic mass is 10.1. The van der Waals surface area contributed by atoms with Crippen molar-refractivity contribution < 1.29 is 34.2 Å². The van der Waals surface area contributed by atoms with Gasteiger partial charge in [0.25, 0.3) is 0 Å². The van der Waals surface area contributed by atoms with Crippen LogP contribution in [-0.2, 0) is 24.0 Å². The van der Waals surface area contributed by atoms with Gasteiger partial charge in [-0.25, -0.2) is 4.79 Å². The maximum atomic E-state index is 12.8. The van der Waals surface area contributed by atoms with Crippen molar-refractivity contribution in [2.45, 2.75) is 62.9 Å². The Morgan fingerprint density at radius 3 is 2.33 bits per heavy atom. The predicted octanol–water partition coefficient (Wildman–Crippen LogP) is -3.06. The summed E-state index contributed by atoms with van der Waals surface area (Å²) in [7, 11) is 0. The first kappa shape index (κ1) is 25.7. The Labute approximate surface area is 179 Å². The first-order valence-electron chi connectivity index (χ1n) is 9.46. The maximum Gasteiger partial charge on any atom is 0.326 e. The molecular formula is C17H29N5O7S. The summed E-state index contributed by atoms with van der Waals surface area (Å²) in [6, 6.07) is -4.75. The number of amides is 4. The molecule has 0 aromatic heterocycles. The van der Waals surface area contributed by atoms with Gasteiger partial charge in [-0.3, -0.25) is 19.2 Å². The van der Waals surface area contributed by atoms with Gasteiger partial charge in [0.05, 0.1) is 12.1 Å². The summed E-state index contributed by atoms with van der Waals surface area (Å²) < 4.78 is 0. The van der Waals surface area contributed by atoms with Gasteiger partial charge in [-0.05, 0) is 26.2 Å². The number of aliphatic carboxylic acids is 1. The molecule has 13 heteroatoms. The number of nitrogens with two attached hydrogens (primary N) is 2. The fourth-order valence-electron chi connectivity index (χ4n) is 3.03. The van der Waals surface area contributed by atoms with Crippen molar-refractivity contribution in [3.05, 3.63) is 0 Å². The second-order valence-electron chi connectivity index (χ2n) is 7.11. The molecular weight excluding hydrogens is 418 g/mol. The Bertz CT molecular complexity index is 675. The molecule has 0 aromatic rings. The van der Waals surface area contributed by atoms with Crippen LogP contribution in [0.3, 0.4) is 0 Å². The summed E-state index contributed by atoms with van der Waals surface area (Å²) in [4.78, 5) is 61.1. The van der Waals surface area contributed by atoms with E-state index in [1.54, 1.807) is 0 Å². The van der Waals surface area contributed by atoms with Crippen molar-refractivity contribution in [3.8, 4) is 0 Å². The summed E-state index contributed by atoms with van der Waals surface area (Å²) in [6.45, 7) is 1.44. The van der Waals surface area contributed by atoms with Crippen LogP contribution in [-0.4, -0.2) is 87.3 Å². The fraction of sp³-hybridized carbons (Fsp3) is 0.706. The molecule has 1 fully saturated rings. The van der Waals surface area contributed by atoms with Crippen LogP contribution in [0.15, 0.2) is 0 Å². The number of primary amides is 1. The first-order chi connectivity index (χ1) is 14.0. The van der Waals surface area contributed by atoms with E-state index in [1.807, 2.05) is 0 Å². The number of aliphatic hydroxyl groups is 1. The zero-order chi connectivity index (χ0) is 23.0. The number of carboxylic acids is 1. The van der Waals surface area contributed by atoms with Gasteiger partial charge in [0.15, 0.2) is 0 Å². The fourth-order valence-corrected chi connectivity index (χ4v) is 3.19. The normalized spacial score (nSPS) is 20.0. The molecule has 0 aliphatic carbocycles. The van der Waals surface area contributed by atoms with Gasteiger partial charge in [-0.15, -0.1) is 0 Å². The molecule has 1 saturated heterocycles. The molecule has 4 amide bonds. The number of rotatable bonds is 11. The Hall–Kier alpha value is -2.38. The van der Waals surface area contributed by atoms with Crippen LogP contribution >= 0.6 is 12.6 Å². The van der Waals surface area contributed by atoms with E-state index >= 15 is 0 Å². The summed E-state index contributed by atoms with van der Waals surface area (Å²) in [6.07, 6.45) is -0.991. The molecule has 30 heavy (non-hydrogen) atoms. The van der Waals surface area contributed by atoms with Gasteiger partial charge in [0, 0.05) is 18.7 Å². The number of hydrogen-bond acceptors (Lipinski definition) is 8. The monoisotopic (exact) mass is 447 g/mol. The van der Waals surface area contributed by atoms with Crippen LogP contribution in [0.4, 0.5) is 0 Å². The zero-order valence-corrected chi connectivity index (χ0v) is 17.5. The average Bonchev–Trinajstić information content (AvgIpc) is 3.17. The number of nitrogens with zero attached hydrogens (tertiary/aromatic N) is 1. The minimum Gasteiger partial charge on any atom is -0.480 e. The van der Waals surface area contributed by atoms with Crippen LogP contribution in [0, 0.1) is 0 Å². The SMILES string of the molecule is CC(O)C(NC(=O)C(CCC(N)=O)NC(=O)C(N)CS)C(=O)N1CCCC1C(=O)O. The van der Waals surface area contributed by atoms with Gasteiger partial charge >= 0.3 is 5.97 Å². The van der Waals surface area contributed by atoms with E-state index in [0.29, 0.717) is 6.42 Å². The van der Waals surface area contributed by atoms with Crippen LogP contribution < -0.4 is 22.1 Å². The minimum atomic E-state index is -1.44. The average molecular weight is 448 g/mol. The molecule has 0 radical (unpaired) electrons. The molecule has 0 bridgehead atoms. The second-order valence-corrected chi connectivity index (χ2v) is 7.48. The third-order valence-electron chi connectivity index (χ3n) is 4.71. The molecule has 170 valence electrons. The first-order valence-corrected chi connectivity index (χ1v) is 10.1. The highest BCUT2D eigenvalue weighted by atomic mass is 32.1. The molecule has 5 unspecified atom stereocenters. The predicted molar refractivity (Wildman–Crippen MR) is 108 cm³/mol. The van der Waals surface area contributed by atoms with Gasteiger partial charge in [-0.1, -0.05) is 0 Å². The molecule has 1 aliphatic heterocycles. The lowest BCUT2D eigenvalue weighted by Gasteiger charge is -2.30. The summed E-state index contributed by atoms with van der Waals surface area (Å²) in [5.41, 5.74) is 10.7. The van der Waals surface area contributed by atoms with Gasteiger partial charge < -0.3 is 37.2 Å². The highest BCUT2D eigenvalue weighted by Gasteiger charge is 2.40. The van der Waals surface area contributed by atoms with Crippen LogP contribution in [0.2, 0.25) is 0 Å². The third-order valence-corrected chi connectivity index (χ3v) is 5.11. The molecule has 5 atom stereocenters. The van der Waals surface area contributed by atoms with Crippen molar-refractivity contribution in [3.63, 3.8) is 0 Å². The molecule has 1 rings (SSSR count). The summed E-state index contributed by atoms with van der Waals surface area (Å²) in [5.74, 6) is -4.17. The van der Waals surface area contributed by atoms with Gasteiger partial charge in [-0.2, -0.15) is 12.6 Å². The molecule has 0 spiro atoms. The Morgan fingerprint density at radius 1 is 1.20 bits per heavy atom. The lowest BCUT2D eigenvalue weighted by Crippen LogP contribution is -2.60. The number of carboxylic acid groups (broad SMARTS) is 1. The Balaban J connectivity index is 2.97. The Kier molecular flexibility index (Phi) is 10.0. The highest BCUT2D eigenvalue weighted by molar-refractivity contribution is 7.80. The lowest BCUT2D eigenvalue weighted by molar-refractivity contribution is -0.150. The molecule has 0 aromatic carbocycles. The number of likely N-dealkylation sites (tertiary alicyclic amines) is 1. The number of aliphatic hydroxyl groups excluding tert-OH is 1. The second kappa shape index (κ2) is 11.7. The molecule has 1 aliphatic rings. The van der Waals surface area contributed by atoms with E-state index in [4.69, 9.17) is 11.5 Å². The standard InChI is InChI=1S/C17H29N5O7S/c1-8(23)13(16(27)22-6-2-3-11(22)17(28)29)21-15(26)10(4-5-12(19)24)20-14(25)9(18)7-30/h8-11,13,23,30H,2-7,18H2,1H3,(H2,19,24)(H,20,25)(H,21,26)(H,28,29). The van der Waals surface area contributed by atoms with Crippen LogP contribution in [0.5, 0.6) is 0 Å². The van der Waals surface area contributed by atoms with E-state index in [1.165, 1.54) is 6.92 Å². The van der Waals surface area contributed by atoms with Crippen molar-refractivity contribution in [1.29, 1.82) is 0 Å². The van der Waals surface area contributed by atoms with E-state index in [9.17, 15) is 34.2 Å². The number of carbonyl (C=O) groups is 5. The zero-order valence-electron chi connectivity index (χ0n) is 16.6. The smallest absolute Gasteiger partial charge is 0.326 e. The van der Waals surface area contributed by atoms with Crippen molar-refractivity contribution >= 4 is 42.2 Å². The van der Waals surface area contributed by atoms with Crippen LogP contribution in [0.1, 0.15) is 32.6 Å². The van der Waals surface area contributed by atoms with E-state index in [-0.39, 0.29) is 31.6 Å². The van der Waals surface area contributed by atoms with Crippen LogP contribution in [0.25, 0.3) is 0 Å². The Morgan fingerprint density at radius 2 is 1.83 bits per heavy atom. The molecule has 12 nitrogen and oxygen atoms in total. The summed E-state index contributed by atoms with van der Waals surface area (Å²) in [5, 5.41) is 24.0. The number of carbonyl (C=O) groups excluding carboxylic acids is 4. The van der Waals surface area contributed by atoms with E-state index < -0.39 is 59.9 Å².